The summed E-state index contributed by atoms with van der Waals surface area (Å²) in [6.45, 7) is 8.55. The van der Waals surface area contributed by atoms with Crippen LogP contribution >= 0.6 is 0 Å². The second kappa shape index (κ2) is 15.8. The third kappa shape index (κ3) is 8.94. The van der Waals surface area contributed by atoms with Crippen molar-refractivity contribution in [2.75, 3.05) is 12.3 Å². The molecule has 0 radical (unpaired) electrons. The van der Waals surface area contributed by atoms with Crippen molar-refractivity contribution in [2.24, 2.45) is 58.5 Å². The number of nitrogens with zero attached hydrogens (tertiary/aromatic N) is 1. The molecule has 4 aliphatic rings. The number of hydrogen-bond donors (Lipinski definition) is 1. The van der Waals surface area contributed by atoms with Crippen LogP contribution in [0.4, 0.5) is 0 Å². The van der Waals surface area contributed by atoms with Crippen LogP contribution in [0.1, 0.15) is 110 Å². The molecule has 2 N–H and O–H groups in total. The summed E-state index contributed by atoms with van der Waals surface area (Å²) < 4.78 is 26.4. The van der Waals surface area contributed by atoms with Crippen molar-refractivity contribution in [1.82, 2.24) is 4.90 Å². The Morgan fingerprint density at radius 1 is 0.900 bits per heavy atom. The summed E-state index contributed by atoms with van der Waals surface area (Å²) in [7, 11) is -3.48. The van der Waals surface area contributed by atoms with E-state index in [4.69, 9.17) is 5.73 Å². The van der Waals surface area contributed by atoms with E-state index in [1.165, 1.54) is 0 Å². The third-order valence-electron chi connectivity index (χ3n) is 12.8. The van der Waals surface area contributed by atoms with E-state index in [9.17, 15) is 32.4 Å². The molecule has 0 spiro atoms. The van der Waals surface area contributed by atoms with Gasteiger partial charge in [0.15, 0.2) is 15.6 Å². The number of Topliss-reactive ketones (excluding diaryl/α,β-unsaturated/α-hetero) is 3. The number of sulfone groups is 1. The molecule has 1 aliphatic heterocycles. The zero-order valence-electron chi connectivity index (χ0n) is 30.5. The Labute approximate surface area is 298 Å². The Morgan fingerprint density at radius 3 is 2.14 bits per heavy atom. The predicted octanol–water partition coefficient (Wildman–Crippen LogP) is 5.72. The van der Waals surface area contributed by atoms with Crippen molar-refractivity contribution in [2.45, 2.75) is 117 Å². The smallest absolute Gasteiger partial charge is 0.285 e. The van der Waals surface area contributed by atoms with Gasteiger partial charge in [0.2, 0.25) is 11.7 Å². The van der Waals surface area contributed by atoms with E-state index >= 15 is 0 Å². The Bertz CT molecular complexity index is 1530. The average molecular weight is 711 g/mol. The van der Waals surface area contributed by atoms with E-state index in [-0.39, 0.29) is 83.2 Å². The number of fused-ring (bicyclic) bond motifs is 1. The lowest BCUT2D eigenvalue weighted by Gasteiger charge is -2.37. The predicted molar refractivity (Wildman–Crippen MR) is 192 cm³/mol. The summed E-state index contributed by atoms with van der Waals surface area (Å²) in [4.78, 5) is 69.3. The average Bonchev–Trinajstić information content (AvgIpc) is 3.35. The largest absolute Gasteiger partial charge is 0.363 e. The van der Waals surface area contributed by atoms with Gasteiger partial charge >= 0.3 is 0 Å². The van der Waals surface area contributed by atoms with Crippen molar-refractivity contribution in [3.05, 3.63) is 35.9 Å². The monoisotopic (exact) mass is 710 g/mol. The number of piperidine rings is 1. The maximum absolute atomic E-state index is 14.7. The van der Waals surface area contributed by atoms with Gasteiger partial charge in [-0.1, -0.05) is 96.6 Å². The van der Waals surface area contributed by atoms with Crippen LogP contribution in [0.2, 0.25) is 0 Å². The zero-order valence-corrected chi connectivity index (χ0v) is 31.3. The molecular weight excluding hydrogens is 653 g/mol. The van der Waals surface area contributed by atoms with Crippen LogP contribution < -0.4 is 5.73 Å². The Morgan fingerprint density at radius 2 is 1.56 bits per heavy atom. The zero-order chi connectivity index (χ0) is 36.4. The SMILES string of the molecule is CC(C)[C@H](CC(=O)C[C@H](C(=O)N1CC2[C@@H]([C@H]1C(=O)CC(CC1CCC1)C(=O)C(N)=O)C2(C)C)C1CCCCC1)CS(=O)(=O)Cc1ccccc1. The molecule has 4 fully saturated rings. The van der Waals surface area contributed by atoms with Crippen LogP contribution in [0.3, 0.4) is 0 Å². The van der Waals surface area contributed by atoms with Crippen LogP contribution in [0.5, 0.6) is 0 Å². The van der Waals surface area contributed by atoms with Gasteiger partial charge in [0.25, 0.3) is 5.91 Å². The van der Waals surface area contributed by atoms with Gasteiger partial charge in [-0.15, -0.1) is 0 Å². The highest BCUT2D eigenvalue weighted by molar-refractivity contribution is 7.90. The molecule has 0 aromatic heterocycles. The van der Waals surface area contributed by atoms with Crippen molar-refractivity contribution in [3.63, 3.8) is 0 Å². The van der Waals surface area contributed by atoms with Crippen molar-refractivity contribution in [3.8, 4) is 0 Å². The summed E-state index contributed by atoms with van der Waals surface area (Å²) >= 11 is 0. The van der Waals surface area contributed by atoms with Crippen molar-refractivity contribution < 1.29 is 32.4 Å². The molecule has 5 rings (SSSR count). The summed E-state index contributed by atoms with van der Waals surface area (Å²) in [6.07, 6.45) is 8.20. The van der Waals surface area contributed by atoms with Gasteiger partial charge < -0.3 is 10.6 Å². The molecule has 2 unspecified atom stereocenters. The van der Waals surface area contributed by atoms with E-state index in [1.807, 2.05) is 32.0 Å². The Balaban J connectivity index is 1.32. The number of benzene rings is 1. The van der Waals surface area contributed by atoms with Crippen molar-refractivity contribution in [1.29, 1.82) is 0 Å². The van der Waals surface area contributed by atoms with E-state index in [2.05, 4.69) is 13.8 Å². The van der Waals surface area contributed by atoms with E-state index < -0.39 is 39.4 Å². The first-order valence-corrected chi connectivity index (χ1v) is 20.8. The highest BCUT2D eigenvalue weighted by Crippen LogP contribution is 2.65. The molecule has 6 atom stereocenters. The van der Waals surface area contributed by atoms with Gasteiger partial charge in [-0.25, -0.2) is 8.42 Å². The fraction of sp³-hybridized carbons (Fsp3) is 0.725. The Hall–Kier alpha value is -2.88. The number of primary amides is 1. The second-order valence-corrected chi connectivity index (χ2v) is 19.1. The van der Waals surface area contributed by atoms with Crippen LogP contribution in [-0.2, 0) is 39.6 Å². The first-order valence-electron chi connectivity index (χ1n) is 19.0. The normalized spacial score (nSPS) is 25.3. The van der Waals surface area contributed by atoms with Crippen LogP contribution in [0.15, 0.2) is 30.3 Å². The molecule has 10 heteroatoms. The minimum Gasteiger partial charge on any atom is -0.363 e. The topological polar surface area (TPSA) is 149 Å². The molecule has 2 amide bonds. The summed E-state index contributed by atoms with van der Waals surface area (Å²) in [6, 6.07) is 8.36. The summed E-state index contributed by atoms with van der Waals surface area (Å²) in [5.74, 6) is -3.69. The number of likely N-dealkylation sites (tertiary alicyclic amines) is 1. The van der Waals surface area contributed by atoms with E-state index in [1.54, 1.807) is 17.0 Å². The molecule has 9 nitrogen and oxygen atoms in total. The fourth-order valence-corrected chi connectivity index (χ4v) is 11.4. The maximum atomic E-state index is 14.7. The highest BCUT2D eigenvalue weighted by atomic mass is 32.2. The fourth-order valence-electron chi connectivity index (χ4n) is 9.39. The van der Waals surface area contributed by atoms with Gasteiger partial charge in [0, 0.05) is 37.6 Å². The van der Waals surface area contributed by atoms with Crippen LogP contribution in [0.25, 0.3) is 0 Å². The standard InChI is InChI=1S/C40H58N2O7S/c1-25(2)30(24-50(48,49)23-27-12-7-5-8-13-27)19-31(43)21-32(28-16-9-6-10-17-28)39(47)42-22-33-35(40(33,3)4)36(42)34(44)20-29(37(45)38(41)46)18-26-14-11-15-26/h5,7-8,12-13,25-26,28-30,32-33,35-36H,6,9-11,14-24H2,1-4H3,(H2,41,46)/t29?,30-,32+,33?,35+,36-/m1/s1. The number of nitrogens with two attached hydrogens (primary N) is 1. The summed E-state index contributed by atoms with van der Waals surface area (Å²) in [5.41, 5.74) is 6.01. The lowest BCUT2D eigenvalue weighted by Crippen LogP contribution is -2.50. The number of rotatable bonds is 18. The minimum absolute atomic E-state index is 0.0167. The minimum atomic E-state index is -3.48. The molecule has 1 heterocycles. The second-order valence-electron chi connectivity index (χ2n) is 17.0. The van der Waals surface area contributed by atoms with E-state index in [0.29, 0.717) is 24.4 Å². The number of ketones is 3. The lowest BCUT2D eigenvalue weighted by molar-refractivity contribution is -0.147. The van der Waals surface area contributed by atoms with Gasteiger partial charge in [-0.2, -0.15) is 0 Å². The molecular formula is C40H58N2O7S. The molecule has 3 saturated carbocycles. The molecule has 1 saturated heterocycles. The van der Waals surface area contributed by atoms with Crippen molar-refractivity contribution >= 4 is 39.0 Å². The molecule has 1 aromatic rings. The molecule has 276 valence electrons. The molecule has 50 heavy (non-hydrogen) atoms. The molecule has 0 bridgehead atoms. The van der Waals surface area contributed by atoms with Gasteiger partial charge in [-0.05, 0) is 65.7 Å². The number of carbonyl (C=O) groups is 5. The number of amides is 2. The maximum Gasteiger partial charge on any atom is 0.285 e. The van der Waals surface area contributed by atoms with E-state index in [0.717, 1.165) is 51.4 Å². The number of carbonyl (C=O) groups excluding carboxylic acids is 5. The Kier molecular flexibility index (Phi) is 12.1. The first kappa shape index (κ1) is 38.4. The third-order valence-corrected chi connectivity index (χ3v) is 14.5. The quantitative estimate of drug-likeness (QED) is 0.192. The number of hydrogen-bond acceptors (Lipinski definition) is 7. The first-order chi connectivity index (χ1) is 23.6. The molecule has 1 aromatic carbocycles. The van der Waals surface area contributed by atoms with Gasteiger partial charge in [-0.3, -0.25) is 24.0 Å². The van der Waals surface area contributed by atoms with Gasteiger partial charge in [0.1, 0.15) is 5.78 Å². The van der Waals surface area contributed by atoms with Gasteiger partial charge in [0.05, 0.1) is 17.5 Å². The summed E-state index contributed by atoms with van der Waals surface area (Å²) in [5, 5.41) is 0. The highest BCUT2D eigenvalue weighted by Gasteiger charge is 2.69. The molecule has 3 aliphatic carbocycles. The van der Waals surface area contributed by atoms with Crippen LogP contribution in [0, 0.1) is 52.8 Å². The van der Waals surface area contributed by atoms with Crippen LogP contribution in [-0.4, -0.2) is 60.8 Å². The lowest BCUT2D eigenvalue weighted by atomic mass is 9.75.